The van der Waals surface area contributed by atoms with E-state index in [2.05, 4.69) is 36.0 Å². The van der Waals surface area contributed by atoms with E-state index in [-0.39, 0.29) is 22.2 Å². The summed E-state index contributed by atoms with van der Waals surface area (Å²) in [6.45, 7) is 3.50. The van der Waals surface area contributed by atoms with Gasteiger partial charge in [0.05, 0.1) is 28.3 Å². The third-order valence-electron chi connectivity index (χ3n) is 5.24. The number of H-pyrrole nitrogens is 1. The van der Waals surface area contributed by atoms with E-state index >= 15 is 0 Å². The zero-order chi connectivity index (χ0) is 21.9. The maximum Gasteiger partial charge on any atom is 0.293 e. The fourth-order valence-electron chi connectivity index (χ4n) is 3.75. The Kier molecular flexibility index (Phi) is 4.68. The predicted octanol–water partition coefficient (Wildman–Crippen LogP) is 3.48. The number of hydrogen-bond donors (Lipinski definition) is 2. The number of nitrogens with one attached hydrogen (secondary N) is 1. The minimum Gasteiger partial charge on any atom is -0.431 e. The van der Waals surface area contributed by atoms with Gasteiger partial charge in [0.15, 0.2) is 4.60 Å². The Morgan fingerprint density at radius 3 is 2.97 bits per heavy atom. The second kappa shape index (κ2) is 7.18. The second-order valence-electron chi connectivity index (χ2n) is 7.87. The molecule has 11 heteroatoms. The van der Waals surface area contributed by atoms with E-state index in [0.717, 1.165) is 16.9 Å². The first kappa shape index (κ1) is 20.2. The second-order valence-corrected chi connectivity index (χ2v) is 9.03. The number of carbonyl (C=O) groups excluding carboxylic acids is 1. The van der Waals surface area contributed by atoms with Crippen molar-refractivity contribution in [1.29, 1.82) is 0 Å². The summed E-state index contributed by atoms with van der Waals surface area (Å²) in [5.74, 6) is -0.309. The minimum absolute atomic E-state index is 0.0166. The molecule has 31 heavy (non-hydrogen) atoms. The molecule has 0 saturated heterocycles. The number of nitrogens with zero attached hydrogens (tertiary/aromatic N) is 5. The molecule has 0 bridgehead atoms. The van der Waals surface area contributed by atoms with E-state index in [9.17, 15) is 9.90 Å². The lowest BCUT2D eigenvalue weighted by Gasteiger charge is -2.33. The molecule has 5 heterocycles. The van der Waals surface area contributed by atoms with Crippen molar-refractivity contribution >= 4 is 39.0 Å². The number of aliphatic hydroxyl groups is 1. The highest BCUT2D eigenvalue weighted by Crippen LogP contribution is 2.36. The summed E-state index contributed by atoms with van der Waals surface area (Å²) in [4.78, 5) is 27.0. The molecule has 0 aromatic carbocycles. The molecule has 0 radical (unpaired) electrons. The van der Waals surface area contributed by atoms with Gasteiger partial charge < -0.3 is 19.4 Å². The highest BCUT2D eigenvalue weighted by Gasteiger charge is 2.39. The van der Waals surface area contributed by atoms with Gasteiger partial charge in [0, 0.05) is 24.9 Å². The van der Waals surface area contributed by atoms with Crippen molar-refractivity contribution in [1.82, 2.24) is 29.5 Å². The SMILES string of the molecule is CC(C)(O)c1nc(Br)c(C(=O)N2CCc3[nH]cnc3C2c2cc3c(Cl)cccn3n2)o1. The highest BCUT2D eigenvalue weighted by molar-refractivity contribution is 9.10. The van der Waals surface area contributed by atoms with Crippen LogP contribution in [0.5, 0.6) is 0 Å². The van der Waals surface area contributed by atoms with Gasteiger partial charge in [-0.2, -0.15) is 5.10 Å². The van der Waals surface area contributed by atoms with Gasteiger partial charge in [-0.3, -0.25) is 4.79 Å². The first-order chi connectivity index (χ1) is 14.7. The first-order valence-electron chi connectivity index (χ1n) is 9.60. The zero-order valence-electron chi connectivity index (χ0n) is 16.6. The van der Waals surface area contributed by atoms with Crippen LogP contribution in [0.3, 0.4) is 0 Å². The van der Waals surface area contributed by atoms with Gasteiger partial charge in [-0.1, -0.05) is 11.6 Å². The molecular formula is C20H18BrClN6O3. The minimum atomic E-state index is -1.32. The molecule has 9 nitrogen and oxygen atoms in total. The standard InChI is InChI=1S/C20H18BrClN6O3/c1-20(2,30)19-25-17(21)16(31-19)18(29)27-7-5-11-14(24-9-23-11)15(27)12-8-13-10(22)4-3-6-28(13)26-12/h3-4,6,8-9,15,30H,5,7H2,1-2H3,(H,23,24). The van der Waals surface area contributed by atoms with Gasteiger partial charge in [-0.15, -0.1) is 0 Å². The fourth-order valence-corrected chi connectivity index (χ4v) is 4.38. The van der Waals surface area contributed by atoms with Crippen LogP contribution in [0.1, 0.15) is 53.4 Å². The van der Waals surface area contributed by atoms with Crippen LogP contribution in [-0.2, 0) is 12.0 Å². The van der Waals surface area contributed by atoms with E-state index in [4.69, 9.17) is 16.0 Å². The summed E-state index contributed by atoms with van der Waals surface area (Å²) < 4.78 is 7.57. The molecule has 0 saturated carbocycles. The summed E-state index contributed by atoms with van der Waals surface area (Å²) in [6.07, 6.45) is 4.02. The van der Waals surface area contributed by atoms with Crippen molar-refractivity contribution in [2.75, 3.05) is 6.54 Å². The molecule has 1 aliphatic rings. The lowest BCUT2D eigenvalue weighted by Crippen LogP contribution is -2.41. The third-order valence-corrected chi connectivity index (χ3v) is 6.10. The summed E-state index contributed by atoms with van der Waals surface area (Å²) in [7, 11) is 0. The van der Waals surface area contributed by atoms with Crippen LogP contribution in [-0.4, -0.2) is 47.0 Å². The molecule has 1 atom stereocenters. The van der Waals surface area contributed by atoms with Gasteiger partial charge in [0.25, 0.3) is 5.91 Å². The number of imidazole rings is 1. The number of oxazole rings is 1. The van der Waals surface area contributed by atoms with Crippen LogP contribution in [0.25, 0.3) is 5.52 Å². The summed E-state index contributed by atoms with van der Waals surface area (Å²) >= 11 is 9.63. The molecule has 4 aromatic heterocycles. The maximum absolute atomic E-state index is 13.5. The summed E-state index contributed by atoms with van der Waals surface area (Å²) in [6, 6.07) is 4.91. The number of aromatic amines is 1. The topological polar surface area (TPSA) is 113 Å². The quantitative estimate of drug-likeness (QED) is 0.441. The van der Waals surface area contributed by atoms with E-state index in [1.54, 1.807) is 47.9 Å². The van der Waals surface area contributed by atoms with Crippen LogP contribution in [0.15, 0.2) is 39.7 Å². The normalized spacial score (nSPS) is 16.7. The van der Waals surface area contributed by atoms with Crippen LogP contribution in [0, 0.1) is 0 Å². The Bertz CT molecular complexity index is 1300. The Balaban J connectivity index is 1.61. The molecular weight excluding hydrogens is 488 g/mol. The van der Waals surface area contributed by atoms with Crippen LogP contribution < -0.4 is 0 Å². The van der Waals surface area contributed by atoms with Crippen molar-refractivity contribution in [3.05, 3.63) is 69.1 Å². The first-order valence-corrected chi connectivity index (χ1v) is 10.8. The average molecular weight is 506 g/mol. The highest BCUT2D eigenvalue weighted by atomic mass is 79.9. The van der Waals surface area contributed by atoms with E-state index in [1.807, 2.05) is 6.07 Å². The lowest BCUT2D eigenvalue weighted by molar-refractivity contribution is 0.0440. The molecule has 1 amide bonds. The number of hydrogen-bond acceptors (Lipinski definition) is 6. The van der Waals surface area contributed by atoms with Gasteiger partial charge in [-0.05, 0) is 48.0 Å². The van der Waals surface area contributed by atoms with Crippen LogP contribution >= 0.6 is 27.5 Å². The van der Waals surface area contributed by atoms with E-state index < -0.39 is 11.6 Å². The smallest absolute Gasteiger partial charge is 0.293 e. The van der Waals surface area contributed by atoms with Crippen molar-refractivity contribution in [2.24, 2.45) is 0 Å². The Morgan fingerprint density at radius 2 is 2.26 bits per heavy atom. The molecule has 5 rings (SSSR count). The zero-order valence-corrected chi connectivity index (χ0v) is 19.0. The monoisotopic (exact) mass is 504 g/mol. The number of aromatic nitrogens is 5. The Morgan fingerprint density at radius 1 is 1.45 bits per heavy atom. The van der Waals surface area contributed by atoms with E-state index in [0.29, 0.717) is 23.7 Å². The largest absolute Gasteiger partial charge is 0.431 e. The summed E-state index contributed by atoms with van der Waals surface area (Å²) in [5.41, 5.74) is 1.71. The lowest BCUT2D eigenvalue weighted by atomic mass is 9.99. The Labute approximate surface area is 190 Å². The number of pyridine rings is 1. The van der Waals surface area contributed by atoms with Gasteiger partial charge in [-0.25, -0.2) is 14.5 Å². The van der Waals surface area contributed by atoms with Crippen molar-refractivity contribution < 1.29 is 14.3 Å². The van der Waals surface area contributed by atoms with Crippen molar-refractivity contribution in [3.8, 4) is 0 Å². The van der Waals surface area contributed by atoms with Gasteiger partial charge >= 0.3 is 0 Å². The molecule has 0 aliphatic carbocycles. The average Bonchev–Trinajstić information content (AvgIpc) is 3.44. The molecule has 0 fully saturated rings. The molecule has 160 valence electrons. The molecule has 0 spiro atoms. The molecule has 4 aromatic rings. The Hall–Kier alpha value is -2.69. The van der Waals surface area contributed by atoms with Crippen molar-refractivity contribution in [3.63, 3.8) is 0 Å². The summed E-state index contributed by atoms with van der Waals surface area (Å²) in [5, 5.41) is 15.4. The van der Waals surface area contributed by atoms with Gasteiger partial charge in [0.2, 0.25) is 11.7 Å². The van der Waals surface area contributed by atoms with Crippen LogP contribution in [0.2, 0.25) is 5.02 Å². The number of amides is 1. The van der Waals surface area contributed by atoms with Crippen LogP contribution in [0.4, 0.5) is 0 Å². The third kappa shape index (κ3) is 3.35. The molecule has 1 aliphatic heterocycles. The molecule has 2 N–H and O–H groups in total. The van der Waals surface area contributed by atoms with E-state index in [1.165, 1.54) is 0 Å². The predicted molar refractivity (Wildman–Crippen MR) is 115 cm³/mol. The fraction of sp³-hybridized carbons (Fsp3) is 0.300. The van der Waals surface area contributed by atoms with Crippen molar-refractivity contribution in [2.45, 2.75) is 31.9 Å². The maximum atomic E-state index is 13.5. The number of halogens is 2. The number of rotatable bonds is 3. The number of carbonyl (C=O) groups is 1. The molecule has 1 unspecified atom stereocenters. The number of fused-ring (bicyclic) bond motifs is 2. The van der Waals surface area contributed by atoms with Gasteiger partial charge in [0.1, 0.15) is 11.6 Å².